The van der Waals surface area contributed by atoms with Gasteiger partial charge in [0.1, 0.15) is 24.7 Å². The predicted molar refractivity (Wildman–Crippen MR) is 99.5 cm³/mol. The van der Waals surface area contributed by atoms with Gasteiger partial charge >= 0.3 is 0 Å². The summed E-state index contributed by atoms with van der Waals surface area (Å²) in [6.07, 6.45) is 0.849. The molecule has 2 aromatic carbocycles. The molecule has 6 nitrogen and oxygen atoms in total. The minimum absolute atomic E-state index is 0.0652. The molecule has 138 valence electrons. The molecule has 0 aliphatic heterocycles. The van der Waals surface area contributed by atoms with Gasteiger partial charge in [0.15, 0.2) is 0 Å². The van der Waals surface area contributed by atoms with E-state index in [1.807, 2.05) is 37.3 Å². The number of ether oxygens (including phenoxy) is 2. The van der Waals surface area contributed by atoms with E-state index in [4.69, 9.17) is 9.47 Å². The molecule has 0 unspecified atom stereocenters. The first-order valence-electron chi connectivity index (χ1n) is 8.65. The summed E-state index contributed by atoms with van der Waals surface area (Å²) in [7, 11) is 0. The maximum Gasteiger partial charge on any atom is 0.255 e. The Morgan fingerprint density at radius 1 is 0.885 bits per heavy atom. The fourth-order valence-electron chi connectivity index (χ4n) is 2.19. The van der Waals surface area contributed by atoms with Crippen LogP contribution in [0, 0.1) is 0 Å². The number of benzene rings is 2. The van der Waals surface area contributed by atoms with Crippen LogP contribution in [0.15, 0.2) is 54.6 Å². The van der Waals surface area contributed by atoms with Crippen LogP contribution in [0.25, 0.3) is 0 Å². The van der Waals surface area contributed by atoms with Crippen molar-refractivity contribution in [1.29, 1.82) is 0 Å². The van der Waals surface area contributed by atoms with Crippen molar-refractivity contribution in [3.05, 3.63) is 60.2 Å². The van der Waals surface area contributed by atoms with E-state index in [1.165, 1.54) is 0 Å². The Labute approximate surface area is 153 Å². The molecular weight excluding hydrogens is 332 g/mol. The maximum atomic E-state index is 12.3. The molecule has 26 heavy (non-hydrogen) atoms. The van der Waals surface area contributed by atoms with Crippen LogP contribution in [0.2, 0.25) is 0 Å². The lowest BCUT2D eigenvalue weighted by Crippen LogP contribution is -2.37. The van der Waals surface area contributed by atoms with Gasteiger partial charge in [-0.05, 0) is 30.7 Å². The van der Waals surface area contributed by atoms with Crippen LogP contribution in [0.3, 0.4) is 0 Å². The van der Waals surface area contributed by atoms with E-state index in [1.54, 1.807) is 24.3 Å². The summed E-state index contributed by atoms with van der Waals surface area (Å²) in [5, 5.41) is 5.31. The Hall–Kier alpha value is -3.02. The Morgan fingerprint density at radius 2 is 1.58 bits per heavy atom. The number of para-hydroxylation sites is 2. The third-order valence-corrected chi connectivity index (χ3v) is 3.47. The molecule has 0 radical (unpaired) electrons. The van der Waals surface area contributed by atoms with E-state index in [2.05, 4.69) is 10.6 Å². The quantitative estimate of drug-likeness (QED) is 0.641. The lowest BCUT2D eigenvalue weighted by molar-refractivity contribution is -0.120. The van der Waals surface area contributed by atoms with Gasteiger partial charge in [-0.3, -0.25) is 9.59 Å². The van der Waals surface area contributed by atoms with Crippen molar-refractivity contribution in [1.82, 2.24) is 10.6 Å². The summed E-state index contributed by atoms with van der Waals surface area (Å²) in [4.78, 5) is 23.9. The largest absolute Gasteiger partial charge is 0.490 e. The fraction of sp³-hybridized carbons (Fsp3) is 0.300. The molecule has 0 aliphatic carbocycles. The molecule has 0 saturated carbocycles. The van der Waals surface area contributed by atoms with Crippen LogP contribution >= 0.6 is 0 Å². The van der Waals surface area contributed by atoms with Gasteiger partial charge in [0.2, 0.25) is 5.91 Å². The summed E-state index contributed by atoms with van der Waals surface area (Å²) in [5.74, 6) is 0.655. The highest BCUT2D eigenvalue weighted by Gasteiger charge is 2.13. The number of carbonyl (C=O) groups is 2. The van der Waals surface area contributed by atoms with E-state index in [-0.39, 0.29) is 18.4 Å². The van der Waals surface area contributed by atoms with Crippen molar-refractivity contribution in [3.8, 4) is 11.5 Å². The Bertz CT molecular complexity index is 704. The Balaban J connectivity index is 1.82. The second kappa shape index (κ2) is 10.8. The van der Waals surface area contributed by atoms with Gasteiger partial charge in [0, 0.05) is 6.54 Å². The summed E-state index contributed by atoms with van der Waals surface area (Å²) in [5.41, 5.74) is 0.385. The van der Waals surface area contributed by atoms with Gasteiger partial charge in [-0.2, -0.15) is 0 Å². The highest BCUT2D eigenvalue weighted by molar-refractivity contribution is 5.98. The molecule has 0 heterocycles. The van der Waals surface area contributed by atoms with Gasteiger partial charge in [-0.25, -0.2) is 0 Å². The van der Waals surface area contributed by atoms with Gasteiger partial charge < -0.3 is 20.1 Å². The predicted octanol–water partition coefficient (Wildman–Crippen LogP) is 2.40. The van der Waals surface area contributed by atoms with Gasteiger partial charge in [-0.1, -0.05) is 37.3 Å². The van der Waals surface area contributed by atoms with Crippen molar-refractivity contribution in [2.45, 2.75) is 13.3 Å². The van der Waals surface area contributed by atoms with Gasteiger partial charge in [-0.15, -0.1) is 0 Å². The first-order chi connectivity index (χ1) is 12.7. The number of nitrogens with one attached hydrogen (secondary N) is 2. The van der Waals surface area contributed by atoms with Crippen molar-refractivity contribution in [2.24, 2.45) is 0 Å². The average Bonchev–Trinajstić information content (AvgIpc) is 2.69. The molecule has 2 rings (SSSR count). The third-order valence-electron chi connectivity index (χ3n) is 3.47. The summed E-state index contributed by atoms with van der Waals surface area (Å²) in [6, 6.07) is 16.4. The maximum absolute atomic E-state index is 12.3. The second-order valence-corrected chi connectivity index (χ2v) is 5.54. The topological polar surface area (TPSA) is 76.7 Å². The molecule has 0 spiro atoms. The molecule has 6 heteroatoms. The van der Waals surface area contributed by atoms with Crippen LogP contribution in [-0.2, 0) is 4.79 Å². The zero-order chi connectivity index (χ0) is 18.6. The van der Waals surface area contributed by atoms with Crippen LogP contribution < -0.4 is 20.1 Å². The first kappa shape index (κ1) is 19.3. The highest BCUT2D eigenvalue weighted by atomic mass is 16.5. The van der Waals surface area contributed by atoms with Gasteiger partial charge in [0.25, 0.3) is 5.91 Å². The van der Waals surface area contributed by atoms with Crippen molar-refractivity contribution < 1.29 is 19.1 Å². The van der Waals surface area contributed by atoms with Crippen molar-refractivity contribution >= 4 is 11.8 Å². The molecule has 2 N–H and O–H groups in total. The average molecular weight is 356 g/mol. The van der Waals surface area contributed by atoms with Gasteiger partial charge in [0.05, 0.1) is 12.1 Å². The zero-order valence-corrected chi connectivity index (χ0v) is 14.9. The van der Waals surface area contributed by atoms with Crippen molar-refractivity contribution in [2.75, 3.05) is 26.3 Å². The SMILES string of the molecule is CCCNC(=O)CNC(=O)c1ccccc1OCCOc1ccccc1. The standard InChI is InChI=1S/C20H24N2O4/c1-2-12-21-19(23)15-22-20(24)17-10-6-7-11-18(17)26-14-13-25-16-8-4-3-5-9-16/h3-11H,2,12-15H2,1H3,(H,21,23)(H,22,24). The van der Waals surface area contributed by atoms with Crippen LogP contribution in [0.5, 0.6) is 11.5 Å². The molecule has 0 aliphatic rings. The molecular formula is C20H24N2O4. The summed E-state index contributed by atoms with van der Waals surface area (Å²) >= 11 is 0. The van der Waals surface area contributed by atoms with E-state index in [9.17, 15) is 9.59 Å². The number of hydrogen-bond acceptors (Lipinski definition) is 4. The minimum atomic E-state index is -0.351. The molecule has 2 aromatic rings. The first-order valence-corrected chi connectivity index (χ1v) is 8.65. The van der Waals surface area contributed by atoms with E-state index >= 15 is 0 Å². The number of hydrogen-bond donors (Lipinski definition) is 2. The monoisotopic (exact) mass is 356 g/mol. The number of carbonyl (C=O) groups excluding carboxylic acids is 2. The van der Waals surface area contributed by atoms with Crippen LogP contribution in [-0.4, -0.2) is 38.1 Å². The van der Waals surface area contributed by atoms with Crippen molar-refractivity contribution in [3.63, 3.8) is 0 Å². The highest BCUT2D eigenvalue weighted by Crippen LogP contribution is 2.18. The second-order valence-electron chi connectivity index (χ2n) is 5.54. The zero-order valence-electron chi connectivity index (χ0n) is 14.9. The van der Waals surface area contributed by atoms with E-state index in [0.29, 0.717) is 31.1 Å². The minimum Gasteiger partial charge on any atom is -0.490 e. The smallest absolute Gasteiger partial charge is 0.255 e. The third kappa shape index (κ3) is 6.47. The molecule has 0 fully saturated rings. The molecule has 0 bridgehead atoms. The normalized spacial score (nSPS) is 10.0. The van der Waals surface area contributed by atoms with E-state index in [0.717, 1.165) is 12.2 Å². The van der Waals surface area contributed by atoms with Crippen LogP contribution in [0.4, 0.5) is 0 Å². The summed E-state index contributed by atoms with van der Waals surface area (Å²) < 4.78 is 11.2. The van der Waals surface area contributed by atoms with Crippen LogP contribution in [0.1, 0.15) is 23.7 Å². The lowest BCUT2D eigenvalue weighted by atomic mass is 10.2. The lowest BCUT2D eigenvalue weighted by Gasteiger charge is -2.12. The fourth-order valence-corrected chi connectivity index (χ4v) is 2.19. The van der Waals surface area contributed by atoms with E-state index < -0.39 is 0 Å². The number of amides is 2. The molecule has 0 aromatic heterocycles. The Kier molecular flexibility index (Phi) is 7.99. The summed E-state index contributed by atoms with van der Waals surface area (Å²) in [6.45, 7) is 3.16. The Morgan fingerprint density at radius 3 is 2.35 bits per heavy atom. The number of rotatable bonds is 10. The molecule has 0 saturated heterocycles. The molecule has 2 amide bonds. The molecule has 0 atom stereocenters.